The van der Waals surface area contributed by atoms with Gasteiger partial charge in [0, 0.05) is 0 Å². The van der Waals surface area contributed by atoms with Gasteiger partial charge in [0.2, 0.25) is 0 Å². The molecule has 0 aliphatic carbocycles. The van der Waals surface area contributed by atoms with Crippen LogP contribution in [0, 0.1) is 0 Å². The lowest BCUT2D eigenvalue weighted by Crippen LogP contribution is -2.31. The van der Waals surface area contributed by atoms with Crippen LogP contribution in [0.25, 0.3) is 16.8 Å². The highest BCUT2D eigenvalue weighted by Gasteiger charge is 2.26. The molecule has 4 nitrogen and oxygen atoms in total. The summed E-state index contributed by atoms with van der Waals surface area (Å²) in [6.07, 6.45) is 3.78. The third-order valence-corrected chi connectivity index (χ3v) is 6.90. The first kappa shape index (κ1) is 21.7. The quantitative estimate of drug-likeness (QED) is 0.328. The topological polar surface area (TPSA) is 46.6 Å². The summed E-state index contributed by atoms with van der Waals surface area (Å²) in [4.78, 5) is 0.246. The molecule has 0 N–H and O–H groups in total. The van der Waals surface area contributed by atoms with Gasteiger partial charge >= 0.3 is 0 Å². The third kappa shape index (κ3) is 4.68. The van der Waals surface area contributed by atoms with Crippen LogP contribution in [-0.2, 0) is 10.0 Å². The molecule has 0 aliphatic rings. The number of ether oxygens (including phenoxy) is 1. The highest BCUT2D eigenvalue weighted by molar-refractivity contribution is 7.92. The van der Waals surface area contributed by atoms with Crippen molar-refractivity contribution in [1.29, 1.82) is 0 Å². The molecule has 0 spiro atoms. The Labute approximate surface area is 189 Å². The van der Waals surface area contributed by atoms with E-state index in [1.807, 2.05) is 91.9 Å². The average Bonchev–Trinajstić information content (AvgIpc) is 2.83. The Hall–Kier alpha value is -3.57. The van der Waals surface area contributed by atoms with Crippen molar-refractivity contribution in [3.8, 4) is 5.75 Å². The van der Waals surface area contributed by atoms with Crippen molar-refractivity contribution < 1.29 is 13.2 Å². The zero-order valence-corrected chi connectivity index (χ0v) is 18.7. The molecular weight excluding hydrogens is 418 g/mol. The van der Waals surface area contributed by atoms with Crippen LogP contribution < -0.4 is 9.04 Å². The van der Waals surface area contributed by atoms with E-state index in [-0.39, 0.29) is 11.4 Å². The van der Waals surface area contributed by atoms with Crippen LogP contribution in [0.15, 0.2) is 108 Å². The van der Waals surface area contributed by atoms with E-state index < -0.39 is 10.0 Å². The van der Waals surface area contributed by atoms with Gasteiger partial charge in [-0.2, -0.15) is 0 Å². The van der Waals surface area contributed by atoms with Gasteiger partial charge in [-0.1, -0.05) is 84.9 Å². The van der Waals surface area contributed by atoms with E-state index in [1.165, 1.54) is 4.31 Å². The lowest BCUT2D eigenvalue weighted by atomic mass is 10.1. The molecular formula is C27H25NO3S. The van der Waals surface area contributed by atoms with Crippen LogP contribution in [-0.4, -0.2) is 21.6 Å². The monoisotopic (exact) mass is 443 g/mol. The van der Waals surface area contributed by atoms with Gasteiger partial charge in [0.25, 0.3) is 10.0 Å². The van der Waals surface area contributed by atoms with Gasteiger partial charge in [0.05, 0.1) is 23.7 Å². The van der Waals surface area contributed by atoms with E-state index in [9.17, 15) is 8.42 Å². The van der Waals surface area contributed by atoms with Gasteiger partial charge in [-0.25, -0.2) is 8.42 Å². The molecule has 32 heavy (non-hydrogen) atoms. The van der Waals surface area contributed by atoms with Gasteiger partial charge in [-0.15, -0.1) is 0 Å². The van der Waals surface area contributed by atoms with E-state index in [0.29, 0.717) is 18.0 Å². The normalized spacial score (nSPS) is 11.7. The summed E-state index contributed by atoms with van der Waals surface area (Å²) in [5, 5.41) is 1.88. The second kappa shape index (κ2) is 9.71. The van der Waals surface area contributed by atoms with Crippen LogP contribution in [0.2, 0.25) is 0 Å². The summed E-state index contributed by atoms with van der Waals surface area (Å²) < 4.78 is 34.8. The average molecular weight is 444 g/mol. The maximum absolute atomic E-state index is 13.8. The zero-order chi connectivity index (χ0) is 22.4. The van der Waals surface area contributed by atoms with Crippen molar-refractivity contribution in [2.75, 3.05) is 17.5 Å². The van der Waals surface area contributed by atoms with Crippen molar-refractivity contribution in [3.05, 3.63) is 109 Å². The highest BCUT2D eigenvalue weighted by Crippen LogP contribution is 2.33. The van der Waals surface area contributed by atoms with Gasteiger partial charge in [0.1, 0.15) is 5.75 Å². The molecule has 0 heterocycles. The molecule has 4 rings (SSSR count). The Morgan fingerprint density at radius 3 is 2.28 bits per heavy atom. The molecule has 0 amide bonds. The highest BCUT2D eigenvalue weighted by atomic mass is 32.2. The van der Waals surface area contributed by atoms with Crippen LogP contribution in [0.3, 0.4) is 0 Å². The molecule has 5 heteroatoms. The van der Waals surface area contributed by atoms with Gasteiger partial charge < -0.3 is 4.74 Å². The molecule has 4 aromatic rings. The number of benzene rings is 4. The molecule has 0 aliphatic heterocycles. The number of para-hydroxylation sites is 2. The second-order valence-corrected chi connectivity index (χ2v) is 9.12. The number of hydrogen-bond acceptors (Lipinski definition) is 3. The number of hydrogen-bond donors (Lipinski definition) is 0. The summed E-state index contributed by atoms with van der Waals surface area (Å²) in [6, 6.07) is 30.0. The summed E-state index contributed by atoms with van der Waals surface area (Å²) in [6.45, 7) is 2.50. The van der Waals surface area contributed by atoms with Crippen LogP contribution in [0.1, 0.15) is 12.5 Å². The molecule has 0 fully saturated rings. The van der Waals surface area contributed by atoms with Crippen LogP contribution >= 0.6 is 0 Å². The first-order valence-electron chi connectivity index (χ1n) is 10.5. The maximum atomic E-state index is 13.8. The van der Waals surface area contributed by atoms with Gasteiger partial charge in [-0.05, 0) is 47.5 Å². The Bertz CT molecular complexity index is 1330. The van der Waals surface area contributed by atoms with E-state index in [0.717, 1.165) is 16.3 Å². The predicted octanol–water partition coefficient (Wildman–Crippen LogP) is 6.15. The van der Waals surface area contributed by atoms with Crippen molar-refractivity contribution in [1.82, 2.24) is 0 Å². The Balaban J connectivity index is 1.77. The van der Waals surface area contributed by atoms with Gasteiger partial charge in [0.15, 0.2) is 0 Å². The lowest BCUT2D eigenvalue weighted by Gasteiger charge is -2.25. The minimum Gasteiger partial charge on any atom is -0.492 e. The zero-order valence-electron chi connectivity index (χ0n) is 17.9. The number of nitrogens with zero attached hydrogens (tertiary/aromatic N) is 1. The Morgan fingerprint density at radius 2 is 1.50 bits per heavy atom. The smallest absolute Gasteiger partial charge is 0.264 e. The van der Waals surface area contributed by atoms with Gasteiger partial charge in [-0.3, -0.25) is 4.31 Å². The predicted molar refractivity (Wildman–Crippen MR) is 132 cm³/mol. The molecule has 162 valence electrons. The van der Waals surface area contributed by atoms with Crippen LogP contribution in [0.5, 0.6) is 5.75 Å². The van der Waals surface area contributed by atoms with Crippen molar-refractivity contribution >= 4 is 32.6 Å². The Kier molecular flexibility index (Phi) is 6.57. The van der Waals surface area contributed by atoms with Crippen molar-refractivity contribution in [3.63, 3.8) is 0 Å². The second-order valence-electron chi connectivity index (χ2n) is 7.26. The number of sulfonamides is 1. The number of fused-ring (bicyclic) bond motifs is 1. The summed E-state index contributed by atoms with van der Waals surface area (Å²) >= 11 is 0. The maximum Gasteiger partial charge on any atom is 0.264 e. The standard InChI is InChI=1S/C27H25NO3S/c1-2-31-27-17-9-8-16-26(27)28(20-10-13-22-11-4-3-5-12-22)32(29,30)25-19-18-23-14-6-7-15-24(23)21-25/h3-19,21H,2,20H2,1H3/b13-10+. The fraction of sp³-hybridized carbons (Fsp3) is 0.111. The fourth-order valence-corrected chi connectivity index (χ4v) is 5.03. The van der Waals surface area contributed by atoms with Crippen molar-refractivity contribution in [2.45, 2.75) is 11.8 Å². The SMILES string of the molecule is CCOc1ccccc1N(C/C=C/c1ccccc1)S(=O)(=O)c1ccc2ccccc2c1. The molecule has 0 radical (unpaired) electrons. The molecule has 0 saturated carbocycles. The number of rotatable bonds is 8. The minimum atomic E-state index is -3.84. The third-order valence-electron chi connectivity index (χ3n) is 5.12. The van der Waals surface area contributed by atoms with E-state index in [4.69, 9.17) is 4.74 Å². The molecule has 4 aromatic carbocycles. The lowest BCUT2D eigenvalue weighted by molar-refractivity contribution is 0.341. The minimum absolute atomic E-state index is 0.175. The molecule has 0 atom stereocenters. The Morgan fingerprint density at radius 1 is 0.812 bits per heavy atom. The fourth-order valence-electron chi connectivity index (χ4n) is 3.57. The van der Waals surface area contributed by atoms with E-state index in [1.54, 1.807) is 24.3 Å². The summed E-state index contributed by atoms with van der Waals surface area (Å²) in [5.74, 6) is 0.535. The molecule has 0 aromatic heterocycles. The molecule has 0 bridgehead atoms. The van der Waals surface area contributed by atoms with E-state index >= 15 is 0 Å². The summed E-state index contributed by atoms with van der Waals surface area (Å²) in [5.41, 5.74) is 1.52. The van der Waals surface area contributed by atoms with Crippen molar-refractivity contribution in [2.24, 2.45) is 0 Å². The first-order chi connectivity index (χ1) is 15.6. The number of anilines is 1. The molecule has 0 saturated heterocycles. The summed E-state index contributed by atoms with van der Waals surface area (Å²) in [7, 11) is -3.84. The van der Waals surface area contributed by atoms with E-state index in [2.05, 4.69) is 0 Å². The van der Waals surface area contributed by atoms with Crippen LogP contribution in [0.4, 0.5) is 5.69 Å². The first-order valence-corrected chi connectivity index (χ1v) is 12.0. The largest absolute Gasteiger partial charge is 0.492 e. The molecule has 0 unspecified atom stereocenters.